The minimum atomic E-state index is -0.777. The van der Waals surface area contributed by atoms with Crippen molar-refractivity contribution in [1.29, 1.82) is 5.26 Å². The maximum atomic E-state index is 12.3. The molecule has 0 amide bonds. The fourth-order valence-corrected chi connectivity index (χ4v) is 2.63. The third-order valence-electron chi connectivity index (χ3n) is 3.76. The summed E-state index contributed by atoms with van der Waals surface area (Å²) in [5.74, 6) is -0.137. The summed E-state index contributed by atoms with van der Waals surface area (Å²) in [4.78, 5) is 12.3. The molecule has 0 aromatic heterocycles. The van der Waals surface area contributed by atoms with Gasteiger partial charge < -0.3 is 24.7 Å². The minimum Gasteiger partial charge on any atom is -0.497 e. The predicted octanol–water partition coefficient (Wildman–Crippen LogP) is 1.96. The monoisotopic (exact) mass is 330 g/mol. The number of carbonyl (C=O) groups is 1. The number of rotatable bonds is 4. The van der Waals surface area contributed by atoms with Crippen LogP contribution in [0, 0.1) is 11.3 Å². The Morgan fingerprint density at radius 1 is 1.29 bits per heavy atom. The van der Waals surface area contributed by atoms with Gasteiger partial charge in [0.1, 0.15) is 28.9 Å². The number of esters is 1. The molecule has 7 heteroatoms. The molecule has 24 heavy (non-hydrogen) atoms. The lowest BCUT2D eigenvalue weighted by Gasteiger charge is -2.27. The van der Waals surface area contributed by atoms with Crippen LogP contribution in [-0.2, 0) is 14.3 Å². The zero-order valence-corrected chi connectivity index (χ0v) is 13.9. The van der Waals surface area contributed by atoms with Crippen LogP contribution in [0.15, 0.2) is 41.0 Å². The first-order valence-electron chi connectivity index (χ1n) is 7.07. The first kappa shape index (κ1) is 17.2. The number of allylic oxidation sites excluding steroid dienone is 2. The molecule has 1 aliphatic rings. The Bertz CT molecular complexity index is 774. The van der Waals surface area contributed by atoms with E-state index in [4.69, 9.17) is 24.7 Å². The van der Waals surface area contributed by atoms with Gasteiger partial charge in [-0.05, 0) is 25.1 Å². The second-order valence-electron chi connectivity index (χ2n) is 4.99. The molecular formula is C17H18N2O5. The van der Waals surface area contributed by atoms with Gasteiger partial charge in [-0.15, -0.1) is 0 Å². The Labute approximate surface area is 139 Å². The molecule has 2 rings (SSSR count). The van der Waals surface area contributed by atoms with Crippen molar-refractivity contribution < 1.29 is 23.7 Å². The molecule has 0 unspecified atom stereocenters. The summed E-state index contributed by atoms with van der Waals surface area (Å²) in [6.07, 6.45) is 0. The van der Waals surface area contributed by atoms with Crippen LogP contribution in [0.5, 0.6) is 11.5 Å². The fourth-order valence-electron chi connectivity index (χ4n) is 2.63. The van der Waals surface area contributed by atoms with Gasteiger partial charge in [0.15, 0.2) is 0 Å². The second kappa shape index (κ2) is 6.96. The molecule has 7 nitrogen and oxygen atoms in total. The molecule has 0 saturated heterocycles. The molecule has 1 atom stereocenters. The predicted molar refractivity (Wildman–Crippen MR) is 84.9 cm³/mol. The van der Waals surface area contributed by atoms with Gasteiger partial charge in [0, 0.05) is 5.56 Å². The number of nitrogens with two attached hydrogens (primary N) is 1. The van der Waals surface area contributed by atoms with Crippen LogP contribution in [-0.4, -0.2) is 27.3 Å². The Hall–Kier alpha value is -3.14. The van der Waals surface area contributed by atoms with Gasteiger partial charge in [0.05, 0.1) is 32.8 Å². The summed E-state index contributed by atoms with van der Waals surface area (Å²) in [6.45, 7) is 1.59. The fraction of sp³-hybridized carbons (Fsp3) is 0.294. The van der Waals surface area contributed by atoms with Crippen LogP contribution in [0.3, 0.4) is 0 Å². The normalized spacial score (nSPS) is 17.0. The number of nitriles is 1. The summed E-state index contributed by atoms with van der Waals surface area (Å²) in [5, 5.41) is 9.53. The van der Waals surface area contributed by atoms with Gasteiger partial charge >= 0.3 is 5.97 Å². The summed E-state index contributed by atoms with van der Waals surface area (Å²) < 4.78 is 20.8. The van der Waals surface area contributed by atoms with Crippen molar-refractivity contribution in [3.63, 3.8) is 0 Å². The van der Waals surface area contributed by atoms with Crippen molar-refractivity contribution in [2.45, 2.75) is 12.8 Å². The highest BCUT2D eigenvalue weighted by Crippen LogP contribution is 2.43. The molecular weight excluding hydrogens is 312 g/mol. The average molecular weight is 330 g/mol. The van der Waals surface area contributed by atoms with Crippen molar-refractivity contribution in [3.8, 4) is 17.6 Å². The maximum Gasteiger partial charge on any atom is 0.338 e. The van der Waals surface area contributed by atoms with Gasteiger partial charge in [0.2, 0.25) is 5.88 Å². The van der Waals surface area contributed by atoms with Crippen molar-refractivity contribution in [1.82, 2.24) is 0 Å². The van der Waals surface area contributed by atoms with Crippen molar-refractivity contribution in [2.75, 3.05) is 21.3 Å². The quantitative estimate of drug-likeness (QED) is 0.841. The Morgan fingerprint density at radius 3 is 2.54 bits per heavy atom. The van der Waals surface area contributed by atoms with E-state index >= 15 is 0 Å². The number of ether oxygens (including phenoxy) is 4. The highest BCUT2D eigenvalue weighted by atomic mass is 16.5. The number of nitrogens with zero attached hydrogens (tertiary/aromatic N) is 1. The van der Waals surface area contributed by atoms with Crippen molar-refractivity contribution in [2.24, 2.45) is 5.73 Å². The Morgan fingerprint density at radius 2 is 2.00 bits per heavy atom. The van der Waals surface area contributed by atoms with Crippen LogP contribution >= 0.6 is 0 Å². The van der Waals surface area contributed by atoms with E-state index in [0.717, 1.165) is 0 Å². The molecule has 0 radical (unpaired) electrons. The zero-order chi connectivity index (χ0) is 17.9. The van der Waals surface area contributed by atoms with Crippen molar-refractivity contribution >= 4 is 5.97 Å². The van der Waals surface area contributed by atoms with E-state index in [2.05, 4.69) is 0 Å². The lowest BCUT2D eigenvalue weighted by molar-refractivity contribution is -0.136. The summed E-state index contributed by atoms with van der Waals surface area (Å²) >= 11 is 0. The number of hydrogen-bond donors (Lipinski definition) is 1. The molecule has 0 saturated carbocycles. The Kier molecular flexibility index (Phi) is 4.99. The number of hydrogen-bond acceptors (Lipinski definition) is 7. The van der Waals surface area contributed by atoms with Crippen LogP contribution in [0.2, 0.25) is 0 Å². The van der Waals surface area contributed by atoms with Gasteiger partial charge in [-0.2, -0.15) is 5.26 Å². The first-order chi connectivity index (χ1) is 11.5. The van der Waals surface area contributed by atoms with E-state index in [1.165, 1.54) is 21.3 Å². The van der Waals surface area contributed by atoms with E-state index in [-0.39, 0.29) is 22.8 Å². The standard InChI is InChI=1S/C17H18N2O5/c1-9-14(17(20)23-4)15(12(8-18)16(19)24-9)11-7-10(21-2)5-6-13(11)22-3/h5-7,15H,19H2,1-4H3/t15-/m0/s1. The number of carbonyl (C=O) groups excluding carboxylic acids is 1. The lowest BCUT2D eigenvalue weighted by Crippen LogP contribution is -2.25. The molecule has 0 aliphatic carbocycles. The molecule has 0 fully saturated rings. The minimum absolute atomic E-state index is 0.0578. The molecule has 0 bridgehead atoms. The van der Waals surface area contributed by atoms with Crippen LogP contribution in [0.25, 0.3) is 0 Å². The summed E-state index contributed by atoms with van der Waals surface area (Å²) in [7, 11) is 4.28. The van der Waals surface area contributed by atoms with E-state index in [9.17, 15) is 10.1 Å². The average Bonchev–Trinajstić information content (AvgIpc) is 2.59. The number of methoxy groups -OCH3 is 3. The first-order valence-corrected chi connectivity index (χ1v) is 7.07. The van der Waals surface area contributed by atoms with E-state index in [1.54, 1.807) is 25.1 Å². The molecule has 2 N–H and O–H groups in total. The molecule has 1 aliphatic heterocycles. The van der Waals surface area contributed by atoms with Gasteiger partial charge in [0.25, 0.3) is 0 Å². The lowest BCUT2D eigenvalue weighted by atomic mass is 9.82. The smallest absolute Gasteiger partial charge is 0.338 e. The molecule has 1 aromatic carbocycles. The maximum absolute atomic E-state index is 12.3. The SMILES string of the molecule is COC(=O)C1=C(C)OC(N)=C(C#N)[C@@H]1c1cc(OC)ccc1OC. The van der Waals surface area contributed by atoms with Gasteiger partial charge in [-0.1, -0.05) is 0 Å². The second-order valence-corrected chi connectivity index (χ2v) is 4.99. The van der Waals surface area contributed by atoms with E-state index < -0.39 is 11.9 Å². The third-order valence-corrected chi connectivity index (χ3v) is 3.76. The van der Waals surface area contributed by atoms with Crippen LogP contribution in [0.1, 0.15) is 18.4 Å². The molecule has 126 valence electrons. The summed E-state index contributed by atoms with van der Waals surface area (Å²) in [6, 6.07) is 7.11. The topological polar surface area (TPSA) is 104 Å². The van der Waals surface area contributed by atoms with Crippen LogP contribution < -0.4 is 15.2 Å². The summed E-state index contributed by atoms with van der Waals surface area (Å²) in [5.41, 5.74) is 6.70. The highest BCUT2D eigenvalue weighted by Gasteiger charge is 2.37. The van der Waals surface area contributed by atoms with Crippen molar-refractivity contribution in [3.05, 3.63) is 46.6 Å². The molecule has 1 aromatic rings. The Balaban J connectivity index is 2.76. The van der Waals surface area contributed by atoms with Gasteiger partial charge in [-0.25, -0.2) is 4.79 Å². The highest BCUT2D eigenvalue weighted by molar-refractivity contribution is 5.92. The largest absolute Gasteiger partial charge is 0.497 e. The molecule has 1 heterocycles. The van der Waals surface area contributed by atoms with E-state index in [0.29, 0.717) is 17.1 Å². The third kappa shape index (κ3) is 2.86. The van der Waals surface area contributed by atoms with E-state index in [1.807, 2.05) is 6.07 Å². The molecule has 0 spiro atoms. The van der Waals surface area contributed by atoms with Gasteiger partial charge in [-0.3, -0.25) is 0 Å². The number of benzene rings is 1. The van der Waals surface area contributed by atoms with Crippen LogP contribution in [0.4, 0.5) is 0 Å². The zero-order valence-electron chi connectivity index (χ0n) is 13.9.